The second-order valence-electron chi connectivity index (χ2n) is 7.23. The van der Waals surface area contributed by atoms with Crippen molar-refractivity contribution in [3.63, 3.8) is 0 Å². The average molecular weight is 440 g/mol. The van der Waals surface area contributed by atoms with E-state index in [4.69, 9.17) is 19.8 Å². The first-order chi connectivity index (χ1) is 15.0. The van der Waals surface area contributed by atoms with Crippen LogP contribution in [0.1, 0.15) is 39.0 Å². The van der Waals surface area contributed by atoms with E-state index < -0.39 is 0 Å². The summed E-state index contributed by atoms with van der Waals surface area (Å²) < 4.78 is 0. The molecule has 174 valence electrons. The molecule has 1 amide bonds. The monoisotopic (exact) mass is 439 g/mol. The number of aromatic amines is 1. The van der Waals surface area contributed by atoms with Crippen molar-refractivity contribution in [2.45, 2.75) is 45.1 Å². The average Bonchev–Trinajstić information content (AvgIpc) is 3.02. The lowest BCUT2D eigenvalue weighted by molar-refractivity contribution is -0.133. The lowest BCUT2D eigenvalue weighted by Gasteiger charge is -2.36. The Bertz CT molecular complexity index is 722. The smallest absolute Gasteiger partial charge is 0.290 e. The molecule has 0 spiro atoms. The number of H-pyrrole nitrogens is 1. The quantitative estimate of drug-likeness (QED) is 0.570. The largest absolute Gasteiger partial charge is 0.483 e. The Hall–Kier alpha value is -2.95. The van der Waals surface area contributed by atoms with Crippen molar-refractivity contribution in [2.24, 2.45) is 0 Å². The van der Waals surface area contributed by atoms with E-state index in [0.717, 1.165) is 39.0 Å². The lowest BCUT2D eigenvalue weighted by atomic mass is 10.00. The minimum Gasteiger partial charge on any atom is -0.483 e. The Kier molecular flexibility index (Phi) is 12.6. The molecule has 0 aliphatic carbocycles. The van der Waals surface area contributed by atoms with Crippen molar-refractivity contribution in [2.75, 3.05) is 44.2 Å². The molecule has 2 aliphatic rings. The number of anilines is 1. The number of carbonyl (C=O) groups is 3. The van der Waals surface area contributed by atoms with Crippen molar-refractivity contribution in [1.82, 2.24) is 19.8 Å². The van der Waals surface area contributed by atoms with Crippen molar-refractivity contribution >= 4 is 24.7 Å². The van der Waals surface area contributed by atoms with Gasteiger partial charge in [-0.15, -0.1) is 0 Å². The van der Waals surface area contributed by atoms with E-state index >= 15 is 0 Å². The summed E-state index contributed by atoms with van der Waals surface area (Å²) in [6.45, 7) is 6.32. The van der Waals surface area contributed by atoms with E-state index in [1.807, 2.05) is 4.90 Å². The normalized spacial score (nSPS) is 19.1. The van der Waals surface area contributed by atoms with E-state index in [9.17, 15) is 9.59 Å². The van der Waals surface area contributed by atoms with Crippen LogP contribution in [0.25, 0.3) is 0 Å². The first kappa shape index (κ1) is 26.1. The number of carboxylic acid groups (broad SMARTS) is 2. The fraction of sp³-hybridized carbons (Fsp3) is 0.650. The van der Waals surface area contributed by atoms with Crippen LogP contribution in [0.4, 0.5) is 5.82 Å². The number of rotatable bonds is 4. The van der Waals surface area contributed by atoms with Gasteiger partial charge in [0.25, 0.3) is 18.5 Å². The number of hydrogen-bond acceptors (Lipinski definition) is 7. The van der Waals surface area contributed by atoms with Gasteiger partial charge < -0.3 is 25.0 Å². The number of aromatic nitrogens is 2. The number of nitrogens with zero attached hydrogens (tertiary/aromatic N) is 4. The van der Waals surface area contributed by atoms with Crippen LogP contribution in [-0.2, 0) is 14.4 Å². The van der Waals surface area contributed by atoms with Gasteiger partial charge in [0.2, 0.25) is 5.91 Å². The molecule has 1 aromatic heterocycles. The number of hydrogen-bond donors (Lipinski definition) is 3. The Morgan fingerprint density at radius 2 is 1.84 bits per heavy atom. The van der Waals surface area contributed by atoms with Crippen molar-refractivity contribution in [1.29, 1.82) is 0 Å². The minimum absolute atomic E-state index is 0.141. The maximum Gasteiger partial charge on any atom is 0.290 e. The lowest BCUT2D eigenvalue weighted by Crippen LogP contribution is -2.47. The summed E-state index contributed by atoms with van der Waals surface area (Å²) in [5.41, 5.74) is -0.141. The second kappa shape index (κ2) is 14.9. The molecule has 3 N–H and O–H groups in total. The van der Waals surface area contributed by atoms with Gasteiger partial charge in [-0.1, -0.05) is 13.3 Å². The number of amides is 1. The molecule has 31 heavy (non-hydrogen) atoms. The third-order valence-electron chi connectivity index (χ3n) is 5.40. The highest BCUT2D eigenvalue weighted by atomic mass is 16.3. The topological polar surface area (TPSA) is 147 Å². The summed E-state index contributed by atoms with van der Waals surface area (Å²) in [6, 6.07) is 2.08. The summed E-state index contributed by atoms with van der Waals surface area (Å²) >= 11 is 0. The molecule has 2 aliphatic heterocycles. The number of likely N-dealkylation sites (tertiary alicyclic amines) is 1. The zero-order valence-corrected chi connectivity index (χ0v) is 18.0. The molecule has 3 rings (SSSR count). The van der Waals surface area contributed by atoms with Crippen LogP contribution >= 0.6 is 0 Å². The molecule has 1 aromatic rings. The van der Waals surface area contributed by atoms with E-state index in [1.165, 1.54) is 31.7 Å². The molecule has 1 atom stereocenters. The summed E-state index contributed by atoms with van der Waals surface area (Å²) in [5, 5.41) is 13.8. The van der Waals surface area contributed by atoms with Gasteiger partial charge in [0, 0.05) is 38.3 Å². The van der Waals surface area contributed by atoms with Crippen LogP contribution in [0.5, 0.6) is 0 Å². The highest BCUT2D eigenvalue weighted by Gasteiger charge is 2.26. The third kappa shape index (κ3) is 9.16. The van der Waals surface area contributed by atoms with Crippen LogP contribution in [0.3, 0.4) is 0 Å². The molecule has 2 saturated heterocycles. The molecule has 0 radical (unpaired) electrons. The standard InChI is InChI=1S/C18H29N5O2.2CH2O2/c1-2-15-6-3-4-7-23(15)13-18(25)22-9-5-8-21(10-11-22)16-12-17(24)20-14-19-16;2*2-1-3/h12,14-15H,2-11,13H2,1H3,(H,19,20,24);2*1H,(H,2,3). The van der Waals surface area contributed by atoms with Gasteiger partial charge in [-0.3, -0.25) is 24.1 Å². The predicted molar refractivity (Wildman–Crippen MR) is 115 cm³/mol. The molecule has 11 heteroatoms. The SMILES string of the molecule is CCC1CCCCN1CC(=O)N1CCCN(c2cc(=O)[nH]cn2)CC1.O=CO.O=CO. The van der Waals surface area contributed by atoms with Crippen molar-refractivity contribution < 1.29 is 24.6 Å². The Balaban J connectivity index is 0.000000720. The zero-order chi connectivity index (χ0) is 23.1. The number of nitrogens with one attached hydrogen (secondary N) is 1. The Morgan fingerprint density at radius 1 is 1.13 bits per heavy atom. The molecular weight excluding hydrogens is 406 g/mol. The van der Waals surface area contributed by atoms with Gasteiger partial charge in [0.05, 0.1) is 12.9 Å². The van der Waals surface area contributed by atoms with Crippen LogP contribution in [-0.4, -0.2) is 94.1 Å². The van der Waals surface area contributed by atoms with Gasteiger partial charge in [-0.2, -0.15) is 0 Å². The van der Waals surface area contributed by atoms with E-state index in [-0.39, 0.29) is 24.4 Å². The molecular formula is C20H33N5O6. The van der Waals surface area contributed by atoms with E-state index in [2.05, 4.69) is 26.7 Å². The first-order valence-corrected chi connectivity index (χ1v) is 10.5. The van der Waals surface area contributed by atoms with E-state index in [1.54, 1.807) is 0 Å². The highest BCUT2D eigenvalue weighted by molar-refractivity contribution is 5.78. The van der Waals surface area contributed by atoms with Crippen LogP contribution in [0.2, 0.25) is 0 Å². The fourth-order valence-corrected chi connectivity index (χ4v) is 3.93. The molecule has 3 heterocycles. The number of piperidine rings is 1. The van der Waals surface area contributed by atoms with Gasteiger partial charge >= 0.3 is 0 Å². The molecule has 11 nitrogen and oxygen atoms in total. The second-order valence-corrected chi connectivity index (χ2v) is 7.23. The highest BCUT2D eigenvalue weighted by Crippen LogP contribution is 2.19. The summed E-state index contributed by atoms with van der Waals surface area (Å²) in [6.07, 6.45) is 7.15. The molecule has 0 saturated carbocycles. The maximum absolute atomic E-state index is 12.8. The molecule has 2 fully saturated rings. The van der Waals surface area contributed by atoms with Crippen molar-refractivity contribution in [3.8, 4) is 0 Å². The maximum atomic E-state index is 12.8. The molecule has 0 aromatic carbocycles. The summed E-state index contributed by atoms with van der Waals surface area (Å²) in [4.78, 5) is 54.2. The van der Waals surface area contributed by atoms with Gasteiger partial charge in [-0.25, -0.2) is 4.98 Å². The van der Waals surface area contributed by atoms with Gasteiger partial charge in [0.1, 0.15) is 5.82 Å². The van der Waals surface area contributed by atoms with Crippen molar-refractivity contribution in [3.05, 3.63) is 22.7 Å². The Morgan fingerprint density at radius 3 is 2.48 bits per heavy atom. The summed E-state index contributed by atoms with van der Waals surface area (Å²) in [5.74, 6) is 0.932. The van der Waals surface area contributed by atoms with Gasteiger partial charge in [-0.05, 0) is 32.2 Å². The molecule has 1 unspecified atom stereocenters. The van der Waals surface area contributed by atoms with Crippen LogP contribution < -0.4 is 10.5 Å². The fourth-order valence-electron chi connectivity index (χ4n) is 3.93. The predicted octanol–water partition coefficient (Wildman–Crippen LogP) is 0.475. The van der Waals surface area contributed by atoms with Crippen LogP contribution in [0, 0.1) is 0 Å². The van der Waals surface area contributed by atoms with Crippen LogP contribution in [0.15, 0.2) is 17.2 Å². The van der Waals surface area contributed by atoms with E-state index in [0.29, 0.717) is 24.9 Å². The zero-order valence-electron chi connectivity index (χ0n) is 18.0. The number of carbonyl (C=O) groups excluding carboxylic acids is 1. The first-order valence-electron chi connectivity index (χ1n) is 10.5. The third-order valence-corrected chi connectivity index (χ3v) is 5.40. The molecule has 0 bridgehead atoms. The van der Waals surface area contributed by atoms with Gasteiger partial charge in [0.15, 0.2) is 0 Å². The minimum atomic E-state index is -0.250. The summed E-state index contributed by atoms with van der Waals surface area (Å²) in [7, 11) is 0. The Labute approximate surface area is 181 Å².